The number of aromatic nitrogens is 1. The van der Waals surface area contributed by atoms with Crippen LogP contribution in [0.2, 0.25) is 0 Å². The molecule has 0 radical (unpaired) electrons. The normalized spacial score (nSPS) is 12.6. The molecule has 5 heteroatoms. The van der Waals surface area contributed by atoms with Crippen LogP contribution < -0.4 is 19.9 Å². The van der Waals surface area contributed by atoms with Gasteiger partial charge in [-0.1, -0.05) is 0 Å². The van der Waals surface area contributed by atoms with Crippen LogP contribution in [-0.2, 0) is 0 Å². The molecule has 21 heavy (non-hydrogen) atoms. The third-order valence-electron chi connectivity index (χ3n) is 3.38. The van der Waals surface area contributed by atoms with Crippen LogP contribution in [0.5, 0.6) is 23.0 Å². The minimum absolute atomic E-state index is 0.244. The molecule has 2 heterocycles. The molecule has 0 aliphatic carbocycles. The Labute approximate surface area is 120 Å². The number of pyridine rings is 1. The van der Waals surface area contributed by atoms with E-state index in [1.807, 2.05) is 30.3 Å². The van der Waals surface area contributed by atoms with Crippen LogP contribution in [0, 0.1) is 0 Å². The van der Waals surface area contributed by atoms with Crippen LogP contribution >= 0.6 is 0 Å². The molecule has 0 saturated carbocycles. The first-order valence-corrected chi connectivity index (χ1v) is 6.51. The fourth-order valence-corrected chi connectivity index (χ4v) is 2.34. The highest BCUT2D eigenvalue weighted by atomic mass is 16.7. The van der Waals surface area contributed by atoms with Crippen LogP contribution in [-0.4, -0.2) is 11.8 Å². The van der Waals surface area contributed by atoms with E-state index in [0.717, 1.165) is 16.5 Å². The largest absolute Gasteiger partial charge is 0.457 e. The highest BCUT2D eigenvalue weighted by molar-refractivity contribution is 5.96. The lowest BCUT2D eigenvalue weighted by molar-refractivity contribution is 0.174. The van der Waals surface area contributed by atoms with Crippen LogP contribution in [0.3, 0.4) is 0 Å². The second-order valence-electron chi connectivity index (χ2n) is 4.69. The molecule has 0 unspecified atom stereocenters. The maximum absolute atomic E-state index is 5.97. The summed E-state index contributed by atoms with van der Waals surface area (Å²) in [7, 11) is 0. The van der Waals surface area contributed by atoms with Crippen LogP contribution in [0.1, 0.15) is 0 Å². The lowest BCUT2D eigenvalue weighted by Crippen LogP contribution is -1.93. The Bertz CT molecular complexity index is 833. The van der Waals surface area contributed by atoms with Gasteiger partial charge in [-0.2, -0.15) is 0 Å². The number of anilines is 1. The average Bonchev–Trinajstić information content (AvgIpc) is 2.98. The highest BCUT2D eigenvalue weighted by Gasteiger charge is 2.14. The SMILES string of the molecule is Nc1ccc(Oc2ccc3c(c2)OCO3)c2cnccc12. The molecule has 5 nitrogen and oxygen atoms in total. The van der Waals surface area contributed by atoms with E-state index in [0.29, 0.717) is 22.9 Å². The van der Waals surface area contributed by atoms with Gasteiger partial charge in [-0.3, -0.25) is 4.98 Å². The van der Waals surface area contributed by atoms with Gasteiger partial charge < -0.3 is 19.9 Å². The topological polar surface area (TPSA) is 66.6 Å². The van der Waals surface area contributed by atoms with E-state index < -0.39 is 0 Å². The molecule has 1 aromatic heterocycles. The predicted octanol–water partition coefficient (Wildman–Crippen LogP) is 3.34. The number of nitrogens with two attached hydrogens (primary N) is 1. The summed E-state index contributed by atoms with van der Waals surface area (Å²) in [5, 5.41) is 1.79. The average molecular weight is 280 g/mol. The Kier molecular flexibility index (Phi) is 2.57. The zero-order valence-corrected chi connectivity index (χ0v) is 11.1. The number of hydrogen-bond acceptors (Lipinski definition) is 5. The van der Waals surface area contributed by atoms with Gasteiger partial charge in [-0.05, 0) is 30.3 Å². The van der Waals surface area contributed by atoms with Gasteiger partial charge in [-0.25, -0.2) is 0 Å². The van der Waals surface area contributed by atoms with E-state index in [2.05, 4.69) is 4.98 Å². The fraction of sp³-hybridized carbons (Fsp3) is 0.0625. The maximum Gasteiger partial charge on any atom is 0.231 e. The summed E-state index contributed by atoms with van der Waals surface area (Å²) in [5.74, 6) is 2.79. The summed E-state index contributed by atoms with van der Waals surface area (Å²) in [4.78, 5) is 4.13. The van der Waals surface area contributed by atoms with E-state index >= 15 is 0 Å². The van der Waals surface area contributed by atoms with E-state index in [4.69, 9.17) is 19.9 Å². The third kappa shape index (κ3) is 1.99. The molecule has 1 aliphatic heterocycles. The molecule has 2 aromatic carbocycles. The van der Waals surface area contributed by atoms with E-state index in [-0.39, 0.29) is 6.79 Å². The first kappa shape index (κ1) is 11.8. The molecule has 3 aromatic rings. The molecular formula is C16H12N2O3. The predicted molar refractivity (Wildman–Crippen MR) is 78.8 cm³/mol. The van der Waals surface area contributed by atoms with Gasteiger partial charge in [0.25, 0.3) is 0 Å². The number of nitrogen functional groups attached to an aromatic ring is 1. The molecule has 2 N–H and O–H groups in total. The van der Waals surface area contributed by atoms with Gasteiger partial charge in [-0.15, -0.1) is 0 Å². The standard InChI is InChI=1S/C16H12N2O3/c17-13-2-4-14(12-8-18-6-5-11(12)13)21-10-1-3-15-16(7-10)20-9-19-15/h1-8H,9,17H2. The van der Waals surface area contributed by atoms with Crippen LogP contribution in [0.4, 0.5) is 5.69 Å². The maximum atomic E-state index is 5.97. The van der Waals surface area contributed by atoms with Crippen molar-refractivity contribution < 1.29 is 14.2 Å². The van der Waals surface area contributed by atoms with Gasteiger partial charge in [0, 0.05) is 34.9 Å². The van der Waals surface area contributed by atoms with Crippen LogP contribution in [0.25, 0.3) is 10.8 Å². The second-order valence-corrected chi connectivity index (χ2v) is 4.69. The molecule has 0 amide bonds. The van der Waals surface area contributed by atoms with Crippen molar-refractivity contribution in [3.8, 4) is 23.0 Å². The Morgan fingerprint density at radius 2 is 1.90 bits per heavy atom. The van der Waals surface area contributed by atoms with Gasteiger partial charge in [0.1, 0.15) is 11.5 Å². The fourth-order valence-electron chi connectivity index (χ4n) is 2.34. The number of benzene rings is 2. The number of ether oxygens (including phenoxy) is 3. The van der Waals surface area contributed by atoms with E-state index in [1.165, 1.54) is 0 Å². The van der Waals surface area contributed by atoms with Gasteiger partial charge in [0.2, 0.25) is 6.79 Å². The van der Waals surface area contributed by atoms with Gasteiger partial charge in [0.05, 0.1) is 0 Å². The molecule has 1 aliphatic rings. The Morgan fingerprint density at radius 1 is 1.00 bits per heavy atom. The van der Waals surface area contributed by atoms with Crippen molar-refractivity contribution in [3.63, 3.8) is 0 Å². The number of rotatable bonds is 2. The zero-order valence-electron chi connectivity index (χ0n) is 11.1. The van der Waals surface area contributed by atoms with E-state index in [9.17, 15) is 0 Å². The van der Waals surface area contributed by atoms with Crippen molar-refractivity contribution in [1.82, 2.24) is 4.98 Å². The Hall–Kier alpha value is -2.95. The Morgan fingerprint density at radius 3 is 2.86 bits per heavy atom. The first-order chi connectivity index (χ1) is 10.3. The summed E-state index contributed by atoms with van der Waals surface area (Å²) in [6, 6.07) is 11.0. The molecule has 0 bridgehead atoms. The molecule has 104 valence electrons. The molecule has 0 fully saturated rings. The van der Waals surface area contributed by atoms with Crippen molar-refractivity contribution in [2.75, 3.05) is 12.5 Å². The monoisotopic (exact) mass is 280 g/mol. The number of nitrogens with zero attached hydrogens (tertiary/aromatic N) is 1. The smallest absolute Gasteiger partial charge is 0.231 e. The zero-order chi connectivity index (χ0) is 14.2. The molecule has 4 rings (SSSR count). The van der Waals surface area contributed by atoms with E-state index in [1.54, 1.807) is 18.5 Å². The molecule has 0 atom stereocenters. The summed E-state index contributed by atoms with van der Waals surface area (Å²) >= 11 is 0. The minimum Gasteiger partial charge on any atom is -0.457 e. The lowest BCUT2D eigenvalue weighted by Gasteiger charge is -2.10. The van der Waals surface area contributed by atoms with Crippen molar-refractivity contribution in [1.29, 1.82) is 0 Å². The second kappa shape index (κ2) is 4.56. The van der Waals surface area contributed by atoms with Gasteiger partial charge >= 0.3 is 0 Å². The minimum atomic E-state index is 0.244. The third-order valence-corrected chi connectivity index (χ3v) is 3.38. The summed E-state index contributed by atoms with van der Waals surface area (Å²) in [6.45, 7) is 0.244. The summed E-state index contributed by atoms with van der Waals surface area (Å²) in [5.41, 5.74) is 6.67. The van der Waals surface area contributed by atoms with Crippen molar-refractivity contribution in [2.45, 2.75) is 0 Å². The van der Waals surface area contributed by atoms with Crippen LogP contribution in [0.15, 0.2) is 48.8 Å². The molecular weight excluding hydrogens is 268 g/mol. The lowest BCUT2D eigenvalue weighted by atomic mass is 10.1. The Balaban J connectivity index is 1.76. The molecule has 0 spiro atoms. The van der Waals surface area contributed by atoms with Crippen molar-refractivity contribution >= 4 is 16.5 Å². The quantitative estimate of drug-likeness (QED) is 0.729. The highest BCUT2D eigenvalue weighted by Crippen LogP contribution is 2.38. The molecule has 0 saturated heterocycles. The summed E-state index contributed by atoms with van der Waals surface area (Å²) in [6.07, 6.45) is 3.46. The first-order valence-electron chi connectivity index (χ1n) is 6.51. The van der Waals surface area contributed by atoms with Crippen molar-refractivity contribution in [3.05, 3.63) is 48.8 Å². The van der Waals surface area contributed by atoms with Crippen molar-refractivity contribution in [2.24, 2.45) is 0 Å². The van der Waals surface area contributed by atoms with Gasteiger partial charge in [0.15, 0.2) is 11.5 Å². The summed E-state index contributed by atoms with van der Waals surface area (Å²) < 4.78 is 16.6. The number of hydrogen-bond donors (Lipinski definition) is 1. The number of fused-ring (bicyclic) bond motifs is 2.